The second-order valence-electron chi connectivity index (χ2n) is 3.65. The van der Waals surface area contributed by atoms with Crippen molar-refractivity contribution in [3.8, 4) is 23.3 Å². The summed E-state index contributed by atoms with van der Waals surface area (Å²) >= 11 is 11.9. The van der Waals surface area contributed by atoms with E-state index in [1.807, 2.05) is 6.07 Å². The molecule has 0 aromatic heterocycles. The highest BCUT2D eigenvalue weighted by Gasteiger charge is 2.09. The lowest BCUT2D eigenvalue weighted by molar-refractivity contribution is 0.379. The molecular weight excluding hydrogens is 285 g/mol. The van der Waals surface area contributed by atoms with Crippen molar-refractivity contribution >= 4 is 23.2 Å². The predicted octanol–water partition coefficient (Wildman–Crippen LogP) is 4.67. The topological polar surface area (TPSA) is 42.2 Å². The average Bonchev–Trinajstić information content (AvgIpc) is 2.43. The van der Waals surface area contributed by atoms with E-state index in [4.69, 9.17) is 37.9 Å². The highest BCUT2D eigenvalue weighted by atomic mass is 35.5. The van der Waals surface area contributed by atoms with E-state index in [1.165, 1.54) is 7.11 Å². The molecule has 0 aliphatic rings. The fourth-order valence-corrected chi connectivity index (χ4v) is 1.81. The molecule has 0 saturated carbocycles. The summed E-state index contributed by atoms with van der Waals surface area (Å²) in [7, 11) is 1.50. The molecule has 0 N–H and O–H groups in total. The van der Waals surface area contributed by atoms with Crippen LogP contribution in [0.25, 0.3) is 0 Å². The van der Waals surface area contributed by atoms with Gasteiger partial charge in [0.2, 0.25) is 0 Å². The van der Waals surface area contributed by atoms with Gasteiger partial charge in [-0.2, -0.15) is 5.26 Å². The summed E-state index contributed by atoms with van der Waals surface area (Å²) in [6.45, 7) is 0. The van der Waals surface area contributed by atoms with Gasteiger partial charge in [-0.15, -0.1) is 0 Å². The van der Waals surface area contributed by atoms with Crippen LogP contribution in [0.15, 0.2) is 36.4 Å². The third-order valence-electron chi connectivity index (χ3n) is 2.41. The Hall–Kier alpha value is -1.89. The number of nitrogens with zero attached hydrogens (tertiary/aromatic N) is 1. The number of hydrogen-bond acceptors (Lipinski definition) is 3. The molecule has 0 aliphatic carbocycles. The standard InChI is InChI=1S/C14H9Cl2NO2/c1-18-14-6-9(8-17)2-5-12(14)19-13-7-10(15)3-4-11(13)16/h2-7H,1H3. The van der Waals surface area contributed by atoms with Gasteiger partial charge < -0.3 is 9.47 Å². The van der Waals surface area contributed by atoms with Crippen LogP contribution < -0.4 is 9.47 Å². The zero-order valence-corrected chi connectivity index (χ0v) is 11.5. The maximum Gasteiger partial charge on any atom is 0.169 e. The molecule has 0 saturated heterocycles. The molecule has 0 unspecified atom stereocenters. The van der Waals surface area contributed by atoms with E-state index in [0.29, 0.717) is 32.9 Å². The molecule has 2 rings (SSSR count). The highest BCUT2D eigenvalue weighted by molar-refractivity contribution is 6.34. The van der Waals surface area contributed by atoms with Gasteiger partial charge in [0.25, 0.3) is 0 Å². The third-order valence-corrected chi connectivity index (χ3v) is 2.95. The number of methoxy groups -OCH3 is 1. The van der Waals surface area contributed by atoms with E-state index in [2.05, 4.69) is 0 Å². The van der Waals surface area contributed by atoms with Gasteiger partial charge in [-0.1, -0.05) is 23.2 Å². The van der Waals surface area contributed by atoms with Gasteiger partial charge >= 0.3 is 0 Å². The summed E-state index contributed by atoms with van der Waals surface area (Å²) in [5.74, 6) is 1.35. The lowest BCUT2D eigenvalue weighted by atomic mass is 10.2. The molecular formula is C14H9Cl2NO2. The molecule has 0 spiro atoms. The minimum atomic E-state index is 0.428. The van der Waals surface area contributed by atoms with Crippen molar-refractivity contribution < 1.29 is 9.47 Å². The van der Waals surface area contributed by atoms with Crippen LogP contribution in [0.4, 0.5) is 0 Å². The molecule has 2 aromatic rings. The Morgan fingerprint density at radius 3 is 2.47 bits per heavy atom. The number of ether oxygens (including phenoxy) is 2. The highest BCUT2D eigenvalue weighted by Crippen LogP contribution is 2.36. The van der Waals surface area contributed by atoms with Gasteiger partial charge in [0.05, 0.1) is 23.8 Å². The quantitative estimate of drug-likeness (QED) is 0.826. The molecule has 0 radical (unpaired) electrons. The fraction of sp³-hybridized carbons (Fsp3) is 0.0714. The average molecular weight is 294 g/mol. The molecule has 2 aromatic carbocycles. The van der Waals surface area contributed by atoms with Crippen molar-refractivity contribution in [2.24, 2.45) is 0 Å². The molecule has 0 amide bonds. The van der Waals surface area contributed by atoms with Crippen molar-refractivity contribution in [2.75, 3.05) is 7.11 Å². The lowest BCUT2D eigenvalue weighted by Crippen LogP contribution is -1.91. The summed E-state index contributed by atoms with van der Waals surface area (Å²) in [6.07, 6.45) is 0. The molecule has 0 atom stereocenters. The number of rotatable bonds is 3. The fourth-order valence-electron chi connectivity index (χ4n) is 1.50. The van der Waals surface area contributed by atoms with E-state index in [0.717, 1.165) is 0 Å². The Morgan fingerprint density at radius 1 is 1.00 bits per heavy atom. The lowest BCUT2D eigenvalue weighted by Gasteiger charge is -2.11. The Labute approximate surface area is 120 Å². The summed E-state index contributed by atoms with van der Waals surface area (Å²) in [5.41, 5.74) is 0.487. The van der Waals surface area contributed by atoms with E-state index in [1.54, 1.807) is 36.4 Å². The third kappa shape index (κ3) is 3.11. The van der Waals surface area contributed by atoms with Crippen LogP contribution >= 0.6 is 23.2 Å². The van der Waals surface area contributed by atoms with Gasteiger partial charge in [0.1, 0.15) is 5.75 Å². The van der Waals surface area contributed by atoms with Crippen molar-refractivity contribution in [3.05, 3.63) is 52.0 Å². The summed E-state index contributed by atoms with van der Waals surface area (Å²) in [6, 6.07) is 11.8. The number of hydrogen-bond donors (Lipinski definition) is 0. The van der Waals surface area contributed by atoms with Crippen LogP contribution in [0.3, 0.4) is 0 Å². The Balaban J connectivity index is 2.38. The van der Waals surface area contributed by atoms with E-state index < -0.39 is 0 Å². The first kappa shape index (κ1) is 13.5. The summed E-state index contributed by atoms with van der Waals surface area (Å²) < 4.78 is 10.8. The Kier molecular flexibility index (Phi) is 4.16. The van der Waals surface area contributed by atoms with E-state index in [9.17, 15) is 0 Å². The molecule has 0 fully saturated rings. The molecule has 0 aliphatic heterocycles. The van der Waals surface area contributed by atoms with Crippen molar-refractivity contribution in [2.45, 2.75) is 0 Å². The first-order valence-corrected chi connectivity index (χ1v) is 6.10. The molecule has 0 bridgehead atoms. The predicted molar refractivity (Wildman–Crippen MR) is 74.2 cm³/mol. The molecule has 96 valence electrons. The smallest absolute Gasteiger partial charge is 0.169 e. The van der Waals surface area contributed by atoms with Crippen LogP contribution in [0.2, 0.25) is 10.0 Å². The second kappa shape index (κ2) is 5.83. The number of benzene rings is 2. The minimum absolute atomic E-state index is 0.428. The Morgan fingerprint density at radius 2 is 1.79 bits per heavy atom. The zero-order valence-electron chi connectivity index (χ0n) is 9.98. The normalized spacial score (nSPS) is 9.79. The van der Waals surface area contributed by atoms with E-state index in [-0.39, 0.29) is 0 Å². The number of halogens is 2. The maximum atomic E-state index is 8.83. The van der Waals surface area contributed by atoms with E-state index >= 15 is 0 Å². The van der Waals surface area contributed by atoms with Gasteiger partial charge in [-0.3, -0.25) is 0 Å². The SMILES string of the molecule is COc1cc(C#N)ccc1Oc1cc(Cl)ccc1Cl. The maximum absolute atomic E-state index is 8.83. The van der Waals surface area contributed by atoms with Crippen LogP contribution in [-0.2, 0) is 0 Å². The monoisotopic (exact) mass is 293 g/mol. The summed E-state index contributed by atoms with van der Waals surface area (Å²) in [5, 5.41) is 9.79. The zero-order chi connectivity index (χ0) is 13.8. The van der Waals surface area contributed by atoms with Crippen molar-refractivity contribution in [1.82, 2.24) is 0 Å². The van der Waals surface area contributed by atoms with Crippen LogP contribution in [0.5, 0.6) is 17.2 Å². The molecule has 3 nitrogen and oxygen atoms in total. The summed E-state index contributed by atoms with van der Waals surface area (Å²) in [4.78, 5) is 0. The molecule has 5 heteroatoms. The number of nitriles is 1. The van der Waals surface area contributed by atoms with Gasteiger partial charge in [-0.25, -0.2) is 0 Å². The molecule has 19 heavy (non-hydrogen) atoms. The van der Waals surface area contributed by atoms with Gasteiger partial charge in [0, 0.05) is 17.2 Å². The van der Waals surface area contributed by atoms with Crippen LogP contribution in [0.1, 0.15) is 5.56 Å². The largest absolute Gasteiger partial charge is 0.493 e. The Bertz CT molecular complexity index is 650. The van der Waals surface area contributed by atoms with Gasteiger partial charge in [0.15, 0.2) is 11.5 Å². The van der Waals surface area contributed by atoms with Crippen LogP contribution in [0, 0.1) is 11.3 Å². The second-order valence-corrected chi connectivity index (χ2v) is 4.50. The van der Waals surface area contributed by atoms with Crippen LogP contribution in [-0.4, -0.2) is 7.11 Å². The minimum Gasteiger partial charge on any atom is -0.493 e. The first-order valence-electron chi connectivity index (χ1n) is 5.35. The van der Waals surface area contributed by atoms with Crippen molar-refractivity contribution in [1.29, 1.82) is 5.26 Å². The van der Waals surface area contributed by atoms with Gasteiger partial charge in [-0.05, 0) is 24.3 Å². The molecule has 0 heterocycles. The van der Waals surface area contributed by atoms with Crippen molar-refractivity contribution in [3.63, 3.8) is 0 Å². The first-order chi connectivity index (χ1) is 9.13.